The molecular weight excluding hydrogens is 246 g/mol. The van der Waals surface area contributed by atoms with E-state index < -0.39 is 17.6 Å². The van der Waals surface area contributed by atoms with Crippen molar-refractivity contribution >= 4 is 5.97 Å². The molecule has 0 radical (unpaired) electrons. The Morgan fingerprint density at radius 1 is 1.63 bits per heavy atom. The van der Waals surface area contributed by atoms with E-state index in [-0.39, 0.29) is 13.2 Å². The Kier molecular flexibility index (Phi) is 3.59. The van der Waals surface area contributed by atoms with Crippen LogP contribution in [0.15, 0.2) is 36.4 Å². The number of rotatable bonds is 3. The summed E-state index contributed by atoms with van der Waals surface area (Å²) in [4.78, 5) is 11.8. The van der Waals surface area contributed by atoms with E-state index in [0.29, 0.717) is 16.9 Å². The zero-order valence-electron chi connectivity index (χ0n) is 10.8. The fourth-order valence-corrected chi connectivity index (χ4v) is 2.24. The number of ether oxygens (including phenoxy) is 2. The van der Waals surface area contributed by atoms with Gasteiger partial charge in [-0.2, -0.15) is 0 Å². The van der Waals surface area contributed by atoms with Gasteiger partial charge >= 0.3 is 5.97 Å². The van der Waals surface area contributed by atoms with Crippen LogP contribution in [0.3, 0.4) is 0 Å². The molecule has 2 unspecified atom stereocenters. The van der Waals surface area contributed by atoms with Crippen LogP contribution in [0.1, 0.15) is 18.4 Å². The summed E-state index contributed by atoms with van der Waals surface area (Å²) in [5, 5.41) is 10.3. The van der Waals surface area contributed by atoms with Crippen LogP contribution in [0.4, 0.5) is 0 Å². The Balaban J connectivity index is 2.43. The summed E-state index contributed by atoms with van der Waals surface area (Å²) in [6, 6.07) is 7.11. The van der Waals surface area contributed by atoms with E-state index in [1.165, 1.54) is 0 Å². The first-order valence-corrected chi connectivity index (χ1v) is 6.06. The van der Waals surface area contributed by atoms with Crippen LogP contribution in [0.2, 0.25) is 0 Å². The minimum Gasteiger partial charge on any atom is -0.489 e. The molecule has 1 aromatic rings. The Morgan fingerprint density at radius 3 is 3.00 bits per heavy atom. The van der Waals surface area contributed by atoms with Gasteiger partial charge in [-0.1, -0.05) is 24.8 Å². The largest absolute Gasteiger partial charge is 0.489 e. The van der Waals surface area contributed by atoms with Gasteiger partial charge in [-0.15, -0.1) is 0 Å². The molecule has 0 bridgehead atoms. The molecule has 0 amide bonds. The van der Waals surface area contributed by atoms with Gasteiger partial charge in [0.1, 0.15) is 12.4 Å². The van der Waals surface area contributed by atoms with Crippen molar-refractivity contribution in [3.05, 3.63) is 42.0 Å². The molecule has 0 aliphatic carbocycles. The van der Waals surface area contributed by atoms with E-state index in [4.69, 9.17) is 15.2 Å². The zero-order chi connectivity index (χ0) is 14.0. The van der Waals surface area contributed by atoms with Crippen molar-refractivity contribution in [3.8, 4) is 5.75 Å². The quantitative estimate of drug-likeness (QED) is 0.481. The summed E-state index contributed by atoms with van der Waals surface area (Å²) in [5.74, 6) is -1.01. The summed E-state index contributed by atoms with van der Waals surface area (Å²) in [6.07, 6.45) is 0. The number of hydrogen-bond donors (Lipinski definition) is 2. The first-order chi connectivity index (χ1) is 8.98. The minimum atomic E-state index is -2.15. The molecule has 1 aliphatic rings. The van der Waals surface area contributed by atoms with Crippen LogP contribution >= 0.6 is 0 Å². The maximum absolute atomic E-state index is 11.8. The van der Waals surface area contributed by atoms with E-state index in [2.05, 4.69) is 6.58 Å². The van der Waals surface area contributed by atoms with Crippen molar-refractivity contribution in [2.24, 2.45) is 5.73 Å². The van der Waals surface area contributed by atoms with Crippen LogP contribution in [0, 0.1) is 0 Å². The summed E-state index contributed by atoms with van der Waals surface area (Å²) in [5.41, 5.74) is 4.82. The van der Waals surface area contributed by atoms with E-state index in [0.717, 1.165) is 0 Å². The molecule has 2 rings (SSSR count). The van der Waals surface area contributed by atoms with Gasteiger partial charge in [0.2, 0.25) is 5.72 Å². The lowest BCUT2D eigenvalue weighted by Gasteiger charge is -2.36. The highest BCUT2D eigenvalue weighted by Gasteiger charge is 2.46. The predicted molar refractivity (Wildman–Crippen MR) is 69.6 cm³/mol. The van der Waals surface area contributed by atoms with E-state index in [9.17, 15) is 9.90 Å². The highest BCUT2D eigenvalue weighted by Crippen LogP contribution is 2.41. The third kappa shape index (κ3) is 2.34. The van der Waals surface area contributed by atoms with Gasteiger partial charge in [0.15, 0.2) is 0 Å². The molecule has 1 heterocycles. The number of benzene rings is 1. The molecule has 1 aromatic carbocycles. The fraction of sp³-hybridized carbons (Fsp3) is 0.357. The van der Waals surface area contributed by atoms with E-state index in [1.54, 1.807) is 25.1 Å². The zero-order valence-corrected chi connectivity index (χ0v) is 10.8. The van der Waals surface area contributed by atoms with Crippen LogP contribution in [0.5, 0.6) is 5.75 Å². The van der Waals surface area contributed by atoms with Gasteiger partial charge in [0.25, 0.3) is 0 Å². The topological polar surface area (TPSA) is 81.8 Å². The van der Waals surface area contributed by atoms with Crippen molar-refractivity contribution in [2.45, 2.75) is 18.6 Å². The molecule has 0 fully saturated rings. The van der Waals surface area contributed by atoms with Gasteiger partial charge in [-0.25, -0.2) is 4.79 Å². The average molecular weight is 263 g/mol. The van der Waals surface area contributed by atoms with Crippen molar-refractivity contribution < 1.29 is 19.4 Å². The SMILES string of the molecule is C=C1COc2ccccc2C1C(N)(O)C(=O)OCC. The number of hydrogen-bond acceptors (Lipinski definition) is 5. The number of para-hydroxylation sites is 1. The predicted octanol–water partition coefficient (Wildman–Crippen LogP) is 0.929. The first kappa shape index (κ1) is 13.6. The molecular formula is C14H17NO4. The van der Waals surface area contributed by atoms with Crippen molar-refractivity contribution in [3.63, 3.8) is 0 Å². The van der Waals surface area contributed by atoms with Crippen molar-refractivity contribution in [2.75, 3.05) is 13.2 Å². The Labute approximate surface area is 111 Å². The molecule has 0 spiro atoms. The number of aliphatic hydroxyl groups is 1. The van der Waals surface area contributed by atoms with Crippen molar-refractivity contribution in [1.82, 2.24) is 0 Å². The fourth-order valence-electron chi connectivity index (χ4n) is 2.24. The highest BCUT2D eigenvalue weighted by molar-refractivity contribution is 5.81. The highest BCUT2D eigenvalue weighted by atomic mass is 16.6. The third-order valence-electron chi connectivity index (χ3n) is 3.09. The molecule has 19 heavy (non-hydrogen) atoms. The Bertz CT molecular complexity index is 510. The minimum absolute atomic E-state index is 0.148. The van der Waals surface area contributed by atoms with Gasteiger partial charge < -0.3 is 14.6 Å². The monoisotopic (exact) mass is 263 g/mol. The molecule has 1 aliphatic heterocycles. The number of esters is 1. The summed E-state index contributed by atoms with van der Waals surface area (Å²) >= 11 is 0. The van der Waals surface area contributed by atoms with Crippen LogP contribution < -0.4 is 10.5 Å². The molecule has 0 saturated heterocycles. The standard InChI is InChI=1S/C14H17NO4/c1-3-18-13(16)14(15,17)12-9(2)8-19-11-7-5-4-6-10(11)12/h4-7,12,17H,2-3,8,15H2,1H3. The number of carbonyl (C=O) groups is 1. The summed E-state index contributed by atoms with van der Waals surface area (Å²) in [6.45, 7) is 5.84. The van der Waals surface area contributed by atoms with Crippen LogP contribution in [-0.2, 0) is 9.53 Å². The van der Waals surface area contributed by atoms with Gasteiger partial charge in [-0.3, -0.25) is 5.73 Å². The number of nitrogens with two attached hydrogens (primary N) is 1. The molecule has 5 nitrogen and oxygen atoms in total. The molecule has 0 saturated carbocycles. The Morgan fingerprint density at radius 2 is 2.32 bits per heavy atom. The van der Waals surface area contributed by atoms with Crippen LogP contribution in [0.25, 0.3) is 0 Å². The smallest absolute Gasteiger partial charge is 0.354 e. The van der Waals surface area contributed by atoms with Gasteiger partial charge in [0.05, 0.1) is 12.5 Å². The lowest BCUT2D eigenvalue weighted by Crippen LogP contribution is -2.55. The second-order valence-electron chi connectivity index (χ2n) is 4.46. The first-order valence-electron chi connectivity index (χ1n) is 6.06. The Hall–Kier alpha value is -1.85. The molecule has 0 aromatic heterocycles. The third-order valence-corrected chi connectivity index (χ3v) is 3.09. The maximum Gasteiger partial charge on any atom is 0.354 e. The van der Waals surface area contributed by atoms with E-state index >= 15 is 0 Å². The number of fused-ring (bicyclic) bond motifs is 1. The lowest BCUT2D eigenvalue weighted by atomic mass is 9.81. The summed E-state index contributed by atoms with van der Waals surface area (Å²) < 4.78 is 10.3. The number of carbonyl (C=O) groups excluding carboxylic acids is 1. The second-order valence-corrected chi connectivity index (χ2v) is 4.46. The van der Waals surface area contributed by atoms with Crippen molar-refractivity contribution in [1.29, 1.82) is 0 Å². The lowest BCUT2D eigenvalue weighted by molar-refractivity contribution is -0.166. The summed E-state index contributed by atoms with van der Waals surface area (Å²) in [7, 11) is 0. The van der Waals surface area contributed by atoms with Gasteiger partial charge in [-0.05, 0) is 18.6 Å². The molecule has 2 atom stereocenters. The van der Waals surface area contributed by atoms with E-state index in [1.807, 2.05) is 6.07 Å². The van der Waals surface area contributed by atoms with Crippen LogP contribution in [-0.4, -0.2) is 30.0 Å². The second kappa shape index (κ2) is 5.03. The van der Waals surface area contributed by atoms with Gasteiger partial charge in [0, 0.05) is 5.56 Å². The molecule has 3 N–H and O–H groups in total. The molecule has 5 heteroatoms. The molecule has 102 valence electrons. The maximum atomic E-state index is 11.8. The normalized spacial score (nSPS) is 21.0. The average Bonchev–Trinajstić information content (AvgIpc) is 2.38.